The van der Waals surface area contributed by atoms with E-state index in [-0.39, 0.29) is 5.56 Å². The van der Waals surface area contributed by atoms with Gasteiger partial charge in [0.25, 0.3) is 6.43 Å². The molecule has 2 aliphatic heterocycles. The fraction of sp³-hybridized carbons (Fsp3) is 0.647. The number of fused-ring (bicyclic) bond motifs is 2. The highest BCUT2D eigenvalue weighted by atomic mass is 19.3. The van der Waals surface area contributed by atoms with Crippen LogP contribution in [0.4, 0.5) is 8.78 Å². The van der Waals surface area contributed by atoms with Crippen LogP contribution in [0.3, 0.4) is 0 Å². The van der Waals surface area contributed by atoms with Gasteiger partial charge in [0.15, 0.2) is 0 Å². The van der Waals surface area contributed by atoms with Gasteiger partial charge in [-0.25, -0.2) is 8.78 Å². The second kappa shape index (κ2) is 6.41. The average molecular weight is 294 g/mol. The van der Waals surface area contributed by atoms with Crippen LogP contribution in [-0.2, 0) is 6.54 Å². The van der Waals surface area contributed by atoms with Crippen LogP contribution in [0.5, 0.6) is 0 Å². The van der Waals surface area contributed by atoms with E-state index < -0.39 is 6.43 Å². The van der Waals surface area contributed by atoms with E-state index in [1.165, 1.54) is 44.2 Å². The Morgan fingerprint density at radius 1 is 1.14 bits per heavy atom. The topological polar surface area (TPSA) is 15.3 Å². The lowest BCUT2D eigenvalue weighted by molar-refractivity contribution is 0.0482. The summed E-state index contributed by atoms with van der Waals surface area (Å²) in [4.78, 5) is 2.55. The first-order valence-electron chi connectivity index (χ1n) is 7.96. The van der Waals surface area contributed by atoms with Gasteiger partial charge in [-0.05, 0) is 38.3 Å². The minimum atomic E-state index is -2.37. The lowest BCUT2D eigenvalue weighted by Gasteiger charge is -2.47. The average Bonchev–Trinajstić information content (AvgIpc) is 2.46. The van der Waals surface area contributed by atoms with Gasteiger partial charge in [0, 0.05) is 30.2 Å². The van der Waals surface area contributed by atoms with Crippen molar-refractivity contribution in [3.8, 4) is 0 Å². The summed E-state index contributed by atoms with van der Waals surface area (Å²) in [5.74, 6) is 0. The highest BCUT2D eigenvalue weighted by Gasteiger charge is 2.35. The molecule has 0 saturated carbocycles. The summed E-state index contributed by atoms with van der Waals surface area (Å²) in [5.41, 5.74) is 1.19. The van der Waals surface area contributed by atoms with Crippen LogP contribution in [0.2, 0.25) is 0 Å². The molecule has 1 aromatic carbocycles. The Balaban J connectivity index is 1.53. The van der Waals surface area contributed by atoms with Crippen LogP contribution in [0.15, 0.2) is 24.3 Å². The maximum absolute atomic E-state index is 12.5. The van der Waals surface area contributed by atoms with Gasteiger partial charge in [0.05, 0.1) is 0 Å². The van der Waals surface area contributed by atoms with Crippen LogP contribution in [0.25, 0.3) is 0 Å². The number of halogens is 2. The van der Waals surface area contributed by atoms with Crippen LogP contribution in [0.1, 0.15) is 49.7 Å². The molecule has 1 N–H and O–H groups in total. The van der Waals surface area contributed by atoms with Crippen molar-refractivity contribution in [2.45, 2.75) is 63.2 Å². The highest BCUT2D eigenvalue weighted by molar-refractivity contribution is 5.23. The summed E-state index contributed by atoms with van der Waals surface area (Å²) in [6.07, 6.45) is 4.04. The fourth-order valence-corrected chi connectivity index (χ4v) is 3.83. The number of alkyl halides is 2. The molecule has 116 valence electrons. The molecule has 2 fully saturated rings. The summed E-state index contributed by atoms with van der Waals surface area (Å²) in [6.45, 7) is 0.775. The van der Waals surface area contributed by atoms with Crippen molar-refractivity contribution in [1.29, 1.82) is 0 Å². The molecule has 2 heterocycles. The predicted octanol–water partition coefficient (Wildman–Crippen LogP) is 3.73. The molecule has 2 saturated heterocycles. The van der Waals surface area contributed by atoms with Crippen LogP contribution >= 0.6 is 0 Å². The molecule has 4 heteroatoms. The highest BCUT2D eigenvalue weighted by Crippen LogP contribution is 2.32. The van der Waals surface area contributed by atoms with Gasteiger partial charge in [-0.3, -0.25) is 0 Å². The lowest BCUT2D eigenvalue weighted by Crippen LogP contribution is -2.54. The number of nitrogens with one attached hydrogen (secondary N) is 1. The molecule has 0 aliphatic carbocycles. The molecule has 2 nitrogen and oxygen atoms in total. The Morgan fingerprint density at radius 3 is 2.33 bits per heavy atom. The molecule has 2 bridgehead atoms. The van der Waals surface area contributed by atoms with E-state index in [1.807, 2.05) is 12.1 Å². The normalized spacial score (nSPS) is 29.8. The van der Waals surface area contributed by atoms with Crippen LogP contribution in [0, 0.1) is 0 Å². The third-order valence-electron chi connectivity index (χ3n) is 5.17. The summed E-state index contributed by atoms with van der Waals surface area (Å²) in [5, 5.41) is 3.62. The van der Waals surface area contributed by atoms with E-state index in [2.05, 4.69) is 17.3 Å². The summed E-state index contributed by atoms with van der Waals surface area (Å²) >= 11 is 0. The first kappa shape index (κ1) is 14.9. The lowest BCUT2D eigenvalue weighted by atomic mass is 9.82. The van der Waals surface area contributed by atoms with Crippen LogP contribution in [-0.4, -0.2) is 30.1 Å². The standard InChI is InChI=1S/C17H24F2N2/c1-21-15-3-2-4-16(21)10-14(9-15)20-11-12-5-7-13(8-6-12)17(18)19/h5-8,14-17,20H,2-4,9-11H2,1H3. The Hall–Kier alpha value is -1.00. The van der Waals surface area contributed by atoms with E-state index >= 15 is 0 Å². The zero-order valence-corrected chi connectivity index (χ0v) is 12.6. The van der Waals surface area contributed by atoms with E-state index in [0.717, 1.165) is 24.2 Å². The maximum atomic E-state index is 12.5. The first-order chi connectivity index (χ1) is 10.1. The number of hydrogen-bond donors (Lipinski definition) is 1. The van der Waals surface area contributed by atoms with Crippen molar-refractivity contribution in [2.75, 3.05) is 7.05 Å². The molecule has 0 spiro atoms. The van der Waals surface area contributed by atoms with Gasteiger partial charge in [-0.2, -0.15) is 0 Å². The number of nitrogens with zero attached hydrogens (tertiary/aromatic N) is 1. The van der Waals surface area contributed by atoms with Crippen molar-refractivity contribution in [3.05, 3.63) is 35.4 Å². The third-order valence-corrected chi connectivity index (χ3v) is 5.17. The minimum Gasteiger partial charge on any atom is -0.310 e. The molecule has 0 radical (unpaired) electrons. The largest absolute Gasteiger partial charge is 0.310 e. The van der Waals surface area contributed by atoms with E-state index in [9.17, 15) is 8.78 Å². The van der Waals surface area contributed by atoms with Crippen molar-refractivity contribution in [1.82, 2.24) is 10.2 Å². The molecule has 1 aromatic rings. The molecule has 0 amide bonds. The molecule has 0 aromatic heterocycles. The fourth-order valence-electron chi connectivity index (χ4n) is 3.83. The molecular formula is C17H24F2N2. The molecule has 2 unspecified atom stereocenters. The summed E-state index contributed by atoms with van der Waals surface area (Å²) in [7, 11) is 2.26. The van der Waals surface area contributed by atoms with Crippen molar-refractivity contribution >= 4 is 0 Å². The number of piperidine rings is 2. The second-order valence-corrected chi connectivity index (χ2v) is 6.50. The van der Waals surface area contributed by atoms with Crippen molar-refractivity contribution in [2.24, 2.45) is 0 Å². The number of rotatable bonds is 4. The Morgan fingerprint density at radius 2 is 1.76 bits per heavy atom. The van der Waals surface area contributed by atoms with Crippen molar-refractivity contribution < 1.29 is 8.78 Å². The molecule has 2 aliphatic rings. The van der Waals surface area contributed by atoms with Gasteiger partial charge < -0.3 is 10.2 Å². The predicted molar refractivity (Wildman–Crippen MR) is 80.5 cm³/mol. The van der Waals surface area contributed by atoms with Crippen LogP contribution < -0.4 is 5.32 Å². The number of benzene rings is 1. The first-order valence-corrected chi connectivity index (χ1v) is 7.96. The summed E-state index contributed by atoms with van der Waals surface area (Å²) < 4.78 is 25.0. The van der Waals surface area contributed by atoms with Gasteiger partial charge in [-0.15, -0.1) is 0 Å². The molecule has 2 atom stereocenters. The zero-order valence-electron chi connectivity index (χ0n) is 12.6. The Bertz CT molecular complexity index is 446. The monoisotopic (exact) mass is 294 g/mol. The van der Waals surface area contributed by atoms with Gasteiger partial charge in [0.2, 0.25) is 0 Å². The summed E-state index contributed by atoms with van der Waals surface area (Å²) in [6, 6.07) is 8.68. The second-order valence-electron chi connectivity index (χ2n) is 6.50. The minimum absolute atomic E-state index is 0.104. The number of hydrogen-bond acceptors (Lipinski definition) is 2. The quantitative estimate of drug-likeness (QED) is 0.910. The van der Waals surface area contributed by atoms with Gasteiger partial charge in [0.1, 0.15) is 0 Å². The zero-order chi connectivity index (χ0) is 14.8. The molecular weight excluding hydrogens is 270 g/mol. The van der Waals surface area contributed by atoms with Gasteiger partial charge >= 0.3 is 0 Å². The van der Waals surface area contributed by atoms with Gasteiger partial charge in [-0.1, -0.05) is 30.7 Å². The molecule has 3 rings (SSSR count). The molecule has 21 heavy (non-hydrogen) atoms. The maximum Gasteiger partial charge on any atom is 0.263 e. The Labute approximate surface area is 125 Å². The smallest absolute Gasteiger partial charge is 0.263 e. The van der Waals surface area contributed by atoms with E-state index in [4.69, 9.17) is 0 Å². The Kier molecular flexibility index (Phi) is 4.55. The third kappa shape index (κ3) is 3.43. The van der Waals surface area contributed by atoms with Crippen molar-refractivity contribution in [3.63, 3.8) is 0 Å². The SMILES string of the molecule is CN1C2CCCC1CC(NCc1ccc(C(F)F)cc1)C2. The van der Waals surface area contributed by atoms with E-state index in [1.54, 1.807) is 0 Å². The van der Waals surface area contributed by atoms with E-state index in [0.29, 0.717) is 6.04 Å².